The molecule has 1 aliphatic carbocycles. The van der Waals surface area contributed by atoms with Gasteiger partial charge in [0.15, 0.2) is 0 Å². The van der Waals surface area contributed by atoms with Gasteiger partial charge in [-0.3, -0.25) is 9.59 Å². The van der Waals surface area contributed by atoms with Crippen LogP contribution < -0.4 is 10.7 Å². The van der Waals surface area contributed by atoms with Gasteiger partial charge in [0.25, 0.3) is 0 Å². The fraction of sp³-hybridized carbons (Fsp3) is 0.438. The highest BCUT2D eigenvalue weighted by molar-refractivity contribution is 9.10. The maximum absolute atomic E-state index is 11.8. The van der Waals surface area contributed by atoms with Gasteiger partial charge in [-0.2, -0.15) is 5.10 Å². The van der Waals surface area contributed by atoms with Crippen LogP contribution in [0.15, 0.2) is 33.8 Å². The number of hydrazone groups is 1. The van der Waals surface area contributed by atoms with E-state index in [0.717, 1.165) is 35.7 Å². The van der Waals surface area contributed by atoms with Crippen molar-refractivity contribution in [1.82, 2.24) is 10.7 Å². The summed E-state index contributed by atoms with van der Waals surface area (Å²) in [6.45, 7) is 0. The topological polar surface area (TPSA) is 70.6 Å². The van der Waals surface area contributed by atoms with E-state index in [1.165, 1.54) is 6.42 Å². The number of nitrogens with one attached hydrogen (secondary N) is 2. The molecule has 0 heterocycles. The Bertz CT molecular complexity index is 537. The molecular weight excluding hydrogens is 346 g/mol. The van der Waals surface area contributed by atoms with Gasteiger partial charge in [-0.15, -0.1) is 0 Å². The molecule has 5 nitrogen and oxygen atoms in total. The number of halogens is 1. The SMILES string of the molecule is O=C(CC(=O)NC1CCCCC1)N/N=C\c1ccc(Br)cc1. The Morgan fingerprint density at radius 3 is 2.50 bits per heavy atom. The summed E-state index contributed by atoms with van der Waals surface area (Å²) in [7, 11) is 0. The van der Waals surface area contributed by atoms with E-state index in [1.54, 1.807) is 6.21 Å². The molecule has 0 radical (unpaired) electrons. The lowest BCUT2D eigenvalue weighted by molar-refractivity contribution is -0.129. The van der Waals surface area contributed by atoms with Crippen molar-refractivity contribution in [1.29, 1.82) is 0 Å². The van der Waals surface area contributed by atoms with E-state index < -0.39 is 5.91 Å². The number of hydrogen-bond donors (Lipinski definition) is 2. The third-order valence-corrected chi connectivity index (χ3v) is 4.09. The second kappa shape index (κ2) is 8.68. The van der Waals surface area contributed by atoms with E-state index in [1.807, 2.05) is 24.3 Å². The van der Waals surface area contributed by atoms with Crippen LogP contribution >= 0.6 is 15.9 Å². The van der Waals surface area contributed by atoms with E-state index in [-0.39, 0.29) is 18.4 Å². The van der Waals surface area contributed by atoms with Crippen LogP contribution in [0, 0.1) is 0 Å². The van der Waals surface area contributed by atoms with E-state index in [9.17, 15) is 9.59 Å². The molecule has 2 amide bonds. The molecule has 6 heteroatoms. The van der Waals surface area contributed by atoms with Crippen LogP contribution in [-0.2, 0) is 9.59 Å². The van der Waals surface area contributed by atoms with Gasteiger partial charge in [-0.1, -0.05) is 47.3 Å². The Labute approximate surface area is 138 Å². The number of carbonyl (C=O) groups is 2. The Hall–Kier alpha value is -1.69. The molecule has 0 bridgehead atoms. The number of hydrogen-bond acceptors (Lipinski definition) is 3. The van der Waals surface area contributed by atoms with Crippen molar-refractivity contribution in [3.63, 3.8) is 0 Å². The molecule has 0 atom stereocenters. The van der Waals surface area contributed by atoms with Crippen LogP contribution in [0.1, 0.15) is 44.1 Å². The number of carbonyl (C=O) groups excluding carboxylic acids is 2. The minimum absolute atomic E-state index is 0.186. The van der Waals surface area contributed by atoms with Crippen LogP contribution in [0.2, 0.25) is 0 Å². The molecule has 1 aromatic carbocycles. The first-order chi connectivity index (χ1) is 10.6. The molecule has 1 aromatic rings. The Kier molecular flexibility index (Phi) is 6.58. The van der Waals surface area contributed by atoms with Gasteiger partial charge in [-0.05, 0) is 30.5 Å². The lowest BCUT2D eigenvalue weighted by atomic mass is 9.95. The van der Waals surface area contributed by atoms with Gasteiger partial charge in [0.05, 0.1) is 6.21 Å². The molecule has 0 aliphatic heterocycles. The first kappa shape index (κ1) is 16.7. The average Bonchev–Trinajstić information content (AvgIpc) is 2.50. The Morgan fingerprint density at radius 2 is 1.82 bits per heavy atom. The third kappa shape index (κ3) is 5.97. The van der Waals surface area contributed by atoms with E-state index in [4.69, 9.17) is 0 Å². The zero-order chi connectivity index (χ0) is 15.8. The van der Waals surface area contributed by atoms with Gasteiger partial charge < -0.3 is 5.32 Å². The summed E-state index contributed by atoms with van der Waals surface area (Å²) >= 11 is 3.35. The van der Waals surface area contributed by atoms with Gasteiger partial charge >= 0.3 is 0 Å². The summed E-state index contributed by atoms with van der Waals surface area (Å²) < 4.78 is 0.980. The zero-order valence-electron chi connectivity index (χ0n) is 12.3. The normalized spacial score (nSPS) is 15.7. The van der Waals surface area contributed by atoms with Crippen molar-refractivity contribution in [2.45, 2.75) is 44.6 Å². The number of benzene rings is 1. The average molecular weight is 366 g/mol. The van der Waals surface area contributed by atoms with Gasteiger partial charge in [0, 0.05) is 10.5 Å². The maximum atomic E-state index is 11.8. The highest BCUT2D eigenvalue weighted by Crippen LogP contribution is 2.17. The number of rotatable bonds is 5. The molecule has 0 saturated heterocycles. The molecule has 2 rings (SSSR count). The van der Waals surface area contributed by atoms with Crippen LogP contribution in [0.3, 0.4) is 0 Å². The number of amides is 2. The molecule has 0 aromatic heterocycles. The van der Waals surface area contributed by atoms with Gasteiger partial charge in [0.2, 0.25) is 11.8 Å². The Balaban J connectivity index is 1.70. The van der Waals surface area contributed by atoms with Crippen LogP contribution in [0.5, 0.6) is 0 Å². The van der Waals surface area contributed by atoms with E-state index in [2.05, 4.69) is 31.8 Å². The predicted octanol–water partition coefficient (Wildman–Crippen LogP) is 2.74. The molecule has 118 valence electrons. The predicted molar refractivity (Wildman–Crippen MR) is 89.5 cm³/mol. The fourth-order valence-electron chi connectivity index (χ4n) is 2.44. The summed E-state index contributed by atoms with van der Waals surface area (Å²) in [5.41, 5.74) is 3.24. The lowest BCUT2D eigenvalue weighted by Gasteiger charge is -2.22. The standard InChI is InChI=1S/C16H20BrN3O2/c17-13-8-6-12(7-9-13)11-18-20-16(22)10-15(21)19-14-4-2-1-3-5-14/h6-9,11,14H,1-5,10H2,(H,19,21)(H,20,22)/b18-11-. The van der Waals surface area contributed by atoms with Crippen LogP contribution in [0.4, 0.5) is 0 Å². The number of nitrogens with zero attached hydrogens (tertiary/aromatic N) is 1. The van der Waals surface area contributed by atoms with Gasteiger partial charge in [0.1, 0.15) is 6.42 Å². The molecule has 1 aliphatic rings. The summed E-state index contributed by atoms with van der Waals surface area (Å²) in [5, 5.41) is 6.76. The molecule has 1 saturated carbocycles. The maximum Gasteiger partial charge on any atom is 0.249 e. The van der Waals surface area contributed by atoms with Crippen molar-refractivity contribution in [2.75, 3.05) is 0 Å². The third-order valence-electron chi connectivity index (χ3n) is 3.56. The monoisotopic (exact) mass is 365 g/mol. The van der Waals surface area contributed by atoms with Crippen LogP contribution in [0.25, 0.3) is 0 Å². The lowest BCUT2D eigenvalue weighted by Crippen LogP contribution is -2.38. The smallest absolute Gasteiger partial charge is 0.249 e. The molecule has 2 N–H and O–H groups in total. The zero-order valence-corrected chi connectivity index (χ0v) is 13.9. The van der Waals surface area contributed by atoms with Gasteiger partial charge in [-0.25, -0.2) is 5.43 Å². The van der Waals surface area contributed by atoms with Crippen molar-refractivity contribution in [3.8, 4) is 0 Å². The fourth-order valence-corrected chi connectivity index (χ4v) is 2.70. The molecule has 0 spiro atoms. The first-order valence-corrected chi connectivity index (χ1v) is 8.29. The summed E-state index contributed by atoms with van der Waals surface area (Å²) in [6.07, 6.45) is 6.91. The molecular formula is C16H20BrN3O2. The summed E-state index contributed by atoms with van der Waals surface area (Å²) in [6, 6.07) is 7.74. The summed E-state index contributed by atoms with van der Waals surface area (Å²) in [4.78, 5) is 23.4. The quantitative estimate of drug-likeness (QED) is 0.478. The van der Waals surface area contributed by atoms with Crippen molar-refractivity contribution >= 4 is 34.0 Å². The molecule has 0 unspecified atom stereocenters. The minimum Gasteiger partial charge on any atom is -0.353 e. The van der Waals surface area contributed by atoms with Crippen molar-refractivity contribution in [2.24, 2.45) is 5.10 Å². The second-order valence-electron chi connectivity index (χ2n) is 5.42. The molecule has 22 heavy (non-hydrogen) atoms. The second-order valence-corrected chi connectivity index (χ2v) is 6.34. The van der Waals surface area contributed by atoms with E-state index in [0.29, 0.717) is 0 Å². The van der Waals surface area contributed by atoms with Crippen molar-refractivity contribution < 1.29 is 9.59 Å². The first-order valence-electron chi connectivity index (χ1n) is 7.50. The largest absolute Gasteiger partial charge is 0.353 e. The Morgan fingerprint density at radius 1 is 1.14 bits per heavy atom. The minimum atomic E-state index is -0.401. The highest BCUT2D eigenvalue weighted by atomic mass is 79.9. The highest BCUT2D eigenvalue weighted by Gasteiger charge is 2.17. The van der Waals surface area contributed by atoms with Crippen LogP contribution in [-0.4, -0.2) is 24.1 Å². The van der Waals surface area contributed by atoms with Crippen molar-refractivity contribution in [3.05, 3.63) is 34.3 Å². The summed E-state index contributed by atoms with van der Waals surface area (Å²) in [5.74, 6) is -0.634. The molecule has 1 fully saturated rings. The van der Waals surface area contributed by atoms with E-state index >= 15 is 0 Å².